The maximum atomic E-state index is 13.2. The summed E-state index contributed by atoms with van der Waals surface area (Å²) in [6.07, 6.45) is 3.47. The van der Waals surface area contributed by atoms with E-state index in [9.17, 15) is 4.79 Å². The topological polar surface area (TPSA) is 70.8 Å². The zero-order chi connectivity index (χ0) is 20.1. The predicted molar refractivity (Wildman–Crippen MR) is 112 cm³/mol. The van der Waals surface area contributed by atoms with Crippen molar-refractivity contribution in [2.24, 2.45) is 5.92 Å². The number of rotatable bonds is 6. The van der Waals surface area contributed by atoms with Crippen LogP contribution in [0, 0.1) is 5.92 Å². The summed E-state index contributed by atoms with van der Waals surface area (Å²) >= 11 is 0. The van der Waals surface area contributed by atoms with E-state index in [1.54, 1.807) is 0 Å². The van der Waals surface area contributed by atoms with Gasteiger partial charge >= 0.3 is 0 Å². The molecule has 1 aromatic carbocycles. The summed E-state index contributed by atoms with van der Waals surface area (Å²) in [5.74, 6) is 1.67. The Hall–Kier alpha value is -2.38. The van der Waals surface area contributed by atoms with E-state index in [1.807, 2.05) is 30.3 Å². The molecule has 1 N–H and O–H groups in total. The van der Waals surface area contributed by atoms with Gasteiger partial charge in [0.2, 0.25) is 0 Å². The SMILES string of the molecule is CN1CCCC(CCNC(=O)c2c(N3CCOCC3)noc2-c2ccccc2)C1. The molecule has 3 heterocycles. The zero-order valence-corrected chi connectivity index (χ0v) is 17.1. The van der Waals surface area contributed by atoms with Crippen molar-refractivity contribution in [1.82, 2.24) is 15.4 Å². The number of aromatic nitrogens is 1. The molecule has 1 atom stereocenters. The molecule has 1 unspecified atom stereocenters. The van der Waals surface area contributed by atoms with Gasteiger partial charge in [-0.3, -0.25) is 4.79 Å². The number of hydrogen-bond donors (Lipinski definition) is 1. The molecule has 0 spiro atoms. The van der Waals surface area contributed by atoms with Gasteiger partial charge in [0.1, 0.15) is 5.56 Å². The second-order valence-corrected chi connectivity index (χ2v) is 7.99. The first-order valence-corrected chi connectivity index (χ1v) is 10.6. The third-order valence-corrected chi connectivity index (χ3v) is 5.81. The van der Waals surface area contributed by atoms with E-state index in [0.717, 1.165) is 18.5 Å². The van der Waals surface area contributed by atoms with Crippen LogP contribution in [0.25, 0.3) is 11.3 Å². The molecule has 4 rings (SSSR count). The Morgan fingerprint density at radius 1 is 1.21 bits per heavy atom. The number of piperidine rings is 1. The van der Waals surface area contributed by atoms with Gasteiger partial charge in [-0.05, 0) is 38.8 Å². The van der Waals surface area contributed by atoms with Crippen molar-refractivity contribution in [3.8, 4) is 11.3 Å². The van der Waals surface area contributed by atoms with Crippen LogP contribution < -0.4 is 10.2 Å². The van der Waals surface area contributed by atoms with Gasteiger partial charge < -0.3 is 24.4 Å². The number of amides is 1. The van der Waals surface area contributed by atoms with Crippen molar-refractivity contribution >= 4 is 11.7 Å². The molecule has 29 heavy (non-hydrogen) atoms. The lowest BCUT2D eigenvalue weighted by molar-refractivity contribution is 0.0947. The van der Waals surface area contributed by atoms with E-state index in [0.29, 0.717) is 55.9 Å². The van der Waals surface area contributed by atoms with Crippen molar-refractivity contribution in [3.05, 3.63) is 35.9 Å². The number of nitrogens with one attached hydrogen (secondary N) is 1. The Kier molecular flexibility index (Phi) is 6.46. The van der Waals surface area contributed by atoms with Crippen molar-refractivity contribution in [3.63, 3.8) is 0 Å². The first-order valence-electron chi connectivity index (χ1n) is 10.6. The van der Waals surface area contributed by atoms with Crippen LogP contribution in [0.3, 0.4) is 0 Å². The third-order valence-electron chi connectivity index (χ3n) is 5.81. The average molecular weight is 399 g/mol. The highest BCUT2D eigenvalue weighted by Crippen LogP contribution is 2.31. The Morgan fingerprint density at radius 2 is 2.00 bits per heavy atom. The van der Waals surface area contributed by atoms with Crippen molar-refractivity contribution in [2.45, 2.75) is 19.3 Å². The van der Waals surface area contributed by atoms with E-state index in [4.69, 9.17) is 9.26 Å². The van der Waals surface area contributed by atoms with Gasteiger partial charge in [-0.2, -0.15) is 0 Å². The van der Waals surface area contributed by atoms with Gasteiger partial charge in [0.25, 0.3) is 5.91 Å². The van der Waals surface area contributed by atoms with E-state index >= 15 is 0 Å². The number of carbonyl (C=O) groups excluding carboxylic acids is 1. The molecule has 2 fully saturated rings. The maximum absolute atomic E-state index is 13.2. The fraction of sp³-hybridized carbons (Fsp3) is 0.545. The Balaban J connectivity index is 1.50. The Morgan fingerprint density at radius 3 is 2.76 bits per heavy atom. The highest BCUT2D eigenvalue weighted by Gasteiger charge is 2.28. The van der Waals surface area contributed by atoms with Crippen molar-refractivity contribution in [2.75, 3.05) is 57.9 Å². The zero-order valence-electron chi connectivity index (χ0n) is 17.1. The van der Waals surface area contributed by atoms with E-state index < -0.39 is 0 Å². The Labute approximate surface area is 172 Å². The predicted octanol–water partition coefficient (Wildman–Crippen LogP) is 2.64. The largest absolute Gasteiger partial charge is 0.378 e. The second kappa shape index (κ2) is 9.41. The standard InChI is InChI=1S/C22H30N4O3/c1-25-11-5-6-17(16-25)9-10-23-22(27)19-20(18-7-3-2-4-8-18)29-24-21(19)26-12-14-28-15-13-26/h2-4,7-8,17H,5-6,9-16H2,1H3,(H,23,27). The Bertz CT molecular complexity index is 802. The molecule has 7 heteroatoms. The van der Waals surface area contributed by atoms with Crippen LogP contribution in [-0.2, 0) is 4.74 Å². The molecule has 1 aromatic heterocycles. The van der Waals surface area contributed by atoms with Crippen molar-refractivity contribution < 1.29 is 14.1 Å². The number of morpholine rings is 1. The van der Waals surface area contributed by atoms with Crippen LogP contribution in [0.5, 0.6) is 0 Å². The minimum Gasteiger partial charge on any atom is -0.378 e. The molecule has 156 valence electrons. The van der Waals surface area contributed by atoms with Gasteiger partial charge in [-0.15, -0.1) is 0 Å². The van der Waals surface area contributed by atoms with Crippen LogP contribution >= 0.6 is 0 Å². The number of hydrogen-bond acceptors (Lipinski definition) is 6. The van der Waals surface area contributed by atoms with Gasteiger partial charge in [0.15, 0.2) is 11.6 Å². The maximum Gasteiger partial charge on any atom is 0.259 e. The summed E-state index contributed by atoms with van der Waals surface area (Å²) in [4.78, 5) is 17.6. The lowest BCUT2D eigenvalue weighted by Crippen LogP contribution is -2.38. The summed E-state index contributed by atoms with van der Waals surface area (Å²) in [7, 11) is 2.17. The molecule has 0 radical (unpaired) electrons. The molecule has 1 amide bonds. The number of anilines is 1. The van der Waals surface area contributed by atoms with Crippen LogP contribution in [0.2, 0.25) is 0 Å². The average Bonchev–Trinajstić information content (AvgIpc) is 3.20. The third kappa shape index (κ3) is 4.79. The number of benzene rings is 1. The van der Waals surface area contributed by atoms with Crippen molar-refractivity contribution in [1.29, 1.82) is 0 Å². The fourth-order valence-corrected chi connectivity index (χ4v) is 4.25. The fourth-order valence-electron chi connectivity index (χ4n) is 4.25. The summed E-state index contributed by atoms with van der Waals surface area (Å²) in [6.45, 7) is 5.61. The molecule has 7 nitrogen and oxygen atoms in total. The lowest BCUT2D eigenvalue weighted by Gasteiger charge is -2.29. The highest BCUT2D eigenvalue weighted by atomic mass is 16.5. The molecular formula is C22H30N4O3. The lowest BCUT2D eigenvalue weighted by atomic mass is 9.95. The van der Waals surface area contributed by atoms with Crippen LogP contribution in [0.4, 0.5) is 5.82 Å². The minimum atomic E-state index is -0.115. The molecule has 0 saturated carbocycles. The van der Waals surface area contributed by atoms with Crippen LogP contribution in [0.1, 0.15) is 29.6 Å². The smallest absolute Gasteiger partial charge is 0.259 e. The van der Waals surface area contributed by atoms with E-state index in [1.165, 1.54) is 19.4 Å². The van der Waals surface area contributed by atoms with Crippen LogP contribution in [-0.4, -0.2) is 68.9 Å². The molecule has 2 aliphatic rings. The number of nitrogens with zero attached hydrogens (tertiary/aromatic N) is 3. The summed E-state index contributed by atoms with van der Waals surface area (Å²) in [5.41, 5.74) is 1.39. The second-order valence-electron chi connectivity index (χ2n) is 7.99. The monoisotopic (exact) mass is 398 g/mol. The first kappa shape index (κ1) is 19.9. The summed E-state index contributed by atoms with van der Waals surface area (Å²) < 4.78 is 11.1. The summed E-state index contributed by atoms with van der Waals surface area (Å²) in [5, 5.41) is 7.39. The number of ether oxygens (including phenoxy) is 1. The molecule has 0 bridgehead atoms. The van der Waals surface area contributed by atoms with Gasteiger partial charge in [0, 0.05) is 31.7 Å². The van der Waals surface area contributed by atoms with Gasteiger partial charge in [-0.1, -0.05) is 35.5 Å². The van der Waals surface area contributed by atoms with Crippen LogP contribution in [0.15, 0.2) is 34.9 Å². The molecule has 2 aliphatic heterocycles. The molecular weight excluding hydrogens is 368 g/mol. The number of likely N-dealkylation sites (tertiary alicyclic amines) is 1. The molecule has 2 aromatic rings. The van der Waals surface area contributed by atoms with Gasteiger partial charge in [0.05, 0.1) is 13.2 Å². The normalized spacial score (nSPS) is 20.6. The highest BCUT2D eigenvalue weighted by molar-refractivity contribution is 6.04. The first-order chi connectivity index (χ1) is 14.2. The number of carbonyl (C=O) groups is 1. The molecule has 0 aliphatic carbocycles. The van der Waals surface area contributed by atoms with Gasteiger partial charge in [-0.25, -0.2) is 0 Å². The summed E-state index contributed by atoms with van der Waals surface area (Å²) in [6, 6.07) is 9.71. The quantitative estimate of drug-likeness (QED) is 0.807. The molecule has 2 saturated heterocycles. The van der Waals surface area contributed by atoms with E-state index in [-0.39, 0.29) is 5.91 Å². The minimum absolute atomic E-state index is 0.115. The van der Waals surface area contributed by atoms with E-state index in [2.05, 4.69) is 27.3 Å².